The van der Waals surface area contributed by atoms with Crippen LogP contribution in [0.15, 0.2) is 29.6 Å². The van der Waals surface area contributed by atoms with Gasteiger partial charge in [0, 0.05) is 22.4 Å². The number of hydrogen-bond acceptors (Lipinski definition) is 3. The number of nitrogens with one attached hydrogen (secondary N) is 1. The predicted octanol–water partition coefficient (Wildman–Crippen LogP) is 4.34. The van der Waals surface area contributed by atoms with Gasteiger partial charge >= 0.3 is 0 Å². The fourth-order valence-electron chi connectivity index (χ4n) is 1.90. The number of amides is 1. The van der Waals surface area contributed by atoms with Crippen molar-refractivity contribution in [3.05, 3.63) is 50.1 Å². The van der Waals surface area contributed by atoms with Gasteiger partial charge in [-0.25, -0.2) is 0 Å². The van der Waals surface area contributed by atoms with Crippen LogP contribution < -0.4 is 11.1 Å². The Balaban J connectivity index is 2.09. The summed E-state index contributed by atoms with van der Waals surface area (Å²) in [7, 11) is 0. The van der Waals surface area contributed by atoms with Gasteiger partial charge in [-0.2, -0.15) is 0 Å². The minimum absolute atomic E-state index is 0.133. The van der Waals surface area contributed by atoms with Crippen molar-refractivity contribution in [2.24, 2.45) is 0 Å². The Kier molecular flexibility index (Phi) is 4.81. The molecule has 0 aliphatic heterocycles. The largest absolute Gasteiger partial charge is 0.397 e. The Bertz CT molecular complexity index is 631. The first-order valence-electron chi connectivity index (χ1n) is 6.38. The molecule has 0 aliphatic carbocycles. The Labute approximate surface area is 138 Å². The number of halogens is 2. The molecular weight excluding hydrogens is 327 g/mol. The molecule has 1 amide bonds. The smallest absolute Gasteiger partial charge is 0.251 e. The number of thiophene rings is 1. The monoisotopic (exact) mass is 342 g/mol. The van der Waals surface area contributed by atoms with Gasteiger partial charge in [0.05, 0.1) is 15.7 Å². The van der Waals surface area contributed by atoms with Crippen LogP contribution in [0.25, 0.3) is 0 Å². The predicted molar refractivity (Wildman–Crippen MR) is 90.6 cm³/mol. The van der Waals surface area contributed by atoms with Crippen molar-refractivity contribution in [2.75, 3.05) is 12.3 Å². The number of nitrogens with two attached hydrogens (primary N) is 1. The summed E-state index contributed by atoms with van der Waals surface area (Å²) < 4.78 is 0. The quantitative estimate of drug-likeness (QED) is 0.811. The van der Waals surface area contributed by atoms with Gasteiger partial charge in [0.15, 0.2) is 0 Å². The third kappa shape index (κ3) is 3.70. The molecule has 0 saturated heterocycles. The van der Waals surface area contributed by atoms with E-state index in [2.05, 4.69) is 25.2 Å². The minimum Gasteiger partial charge on any atom is -0.397 e. The third-order valence-corrected chi connectivity index (χ3v) is 5.25. The number of nitrogen functional groups attached to an aromatic ring is 1. The summed E-state index contributed by atoms with van der Waals surface area (Å²) in [4.78, 5) is 13.4. The number of carbonyl (C=O) groups excluding carboxylic acids is 1. The molecule has 0 atom stereocenters. The van der Waals surface area contributed by atoms with Crippen LogP contribution >= 0.6 is 34.5 Å². The summed E-state index contributed by atoms with van der Waals surface area (Å²) >= 11 is 13.5. The second-order valence-electron chi connectivity index (χ2n) is 5.41. The molecule has 0 fully saturated rings. The highest BCUT2D eigenvalue weighted by molar-refractivity contribution is 7.10. The second kappa shape index (κ2) is 6.26. The zero-order valence-electron chi connectivity index (χ0n) is 11.7. The molecule has 6 heteroatoms. The topological polar surface area (TPSA) is 55.1 Å². The van der Waals surface area contributed by atoms with Gasteiger partial charge in [-0.1, -0.05) is 43.1 Å². The van der Waals surface area contributed by atoms with Gasteiger partial charge in [0.1, 0.15) is 0 Å². The Morgan fingerprint density at radius 3 is 2.67 bits per heavy atom. The average Bonchev–Trinajstić information content (AvgIpc) is 2.96. The number of benzene rings is 1. The molecule has 0 unspecified atom stereocenters. The summed E-state index contributed by atoms with van der Waals surface area (Å²) in [5, 5.41) is 5.49. The maximum atomic E-state index is 12.2. The first-order valence-corrected chi connectivity index (χ1v) is 8.01. The van der Waals surface area contributed by atoms with Crippen molar-refractivity contribution in [2.45, 2.75) is 19.3 Å². The van der Waals surface area contributed by atoms with Crippen LogP contribution in [-0.2, 0) is 5.41 Å². The van der Waals surface area contributed by atoms with Crippen molar-refractivity contribution >= 4 is 46.1 Å². The summed E-state index contributed by atoms with van der Waals surface area (Å²) in [6, 6.07) is 7.12. The molecule has 1 heterocycles. The average molecular weight is 343 g/mol. The summed E-state index contributed by atoms with van der Waals surface area (Å²) in [6.07, 6.45) is 0. The zero-order chi connectivity index (χ0) is 15.6. The second-order valence-corrected chi connectivity index (χ2v) is 7.14. The molecule has 0 aliphatic rings. The molecule has 0 radical (unpaired) electrons. The fourth-order valence-corrected chi connectivity index (χ4v) is 3.08. The standard InChI is InChI=1S/C15H16Cl2N2OS/c1-15(2,12-4-3-5-21-12)8-19-14(20)9-6-10(16)13(17)11(18)7-9/h3-7H,8,18H2,1-2H3,(H,19,20). The Morgan fingerprint density at radius 2 is 2.10 bits per heavy atom. The molecule has 0 bridgehead atoms. The van der Waals surface area contributed by atoms with Crippen LogP contribution in [0.1, 0.15) is 29.1 Å². The lowest BCUT2D eigenvalue weighted by molar-refractivity contribution is 0.0946. The zero-order valence-corrected chi connectivity index (χ0v) is 14.1. The van der Waals surface area contributed by atoms with Crippen molar-refractivity contribution < 1.29 is 4.79 Å². The van der Waals surface area contributed by atoms with E-state index in [-0.39, 0.29) is 21.4 Å². The molecule has 21 heavy (non-hydrogen) atoms. The molecule has 1 aromatic heterocycles. The first kappa shape index (κ1) is 16.1. The van der Waals surface area contributed by atoms with E-state index in [9.17, 15) is 4.79 Å². The van der Waals surface area contributed by atoms with E-state index < -0.39 is 0 Å². The summed E-state index contributed by atoms with van der Waals surface area (Å²) in [5.74, 6) is -0.218. The van der Waals surface area contributed by atoms with E-state index in [1.165, 1.54) is 17.0 Å². The number of hydrogen-bond donors (Lipinski definition) is 2. The van der Waals surface area contributed by atoms with Gasteiger partial charge in [0.2, 0.25) is 0 Å². The van der Waals surface area contributed by atoms with E-state index in [0.717, 1.165) is 0 Å². The van der Waals surface area contributed by atoms with Gasteiger partial charge in [-0.15, -0.1) is 11.3 Å². The van der Waals surface area contributed by atoms with Crippen molar-refractivity contribution in [3.8, 4) is 0 Å². The van der Waals surface area contributed by atoms with Crippen molar-refractivity contribution in [3.63, 3.8) is 0 Å². The Morgan fingerprint density at radius 1 is 1.38 bits per heavy atom. The molecule has 112 valence electrons. The lowest BCUT2D eigenvalue weighted by Crippen LogP contribution is -2.36. The highest BCUT2D eigenvalue weighted by Crippen LogP contribution is 2.30. The fraction of sp³-hybridized carbons (Fsp3) is 0.267. The molecule has 2 aromatic rings. The first-order chi connectivity index (χ1) is 9.81. The van der Waals surface area contributed by atoms with E-state index in [4.69, 9.17) is 28.9 Å². The highest BCUT2D eigenvalue weighted by atomic mass is 35.5. The number of carbonyl (C=O) groups is 1. The molecule has 0 saturated carbocycles. The van der Waals surface area contributed by atoms with Gasteiger partial charge in [0.25, 0.3) is 5.91 Å². The highest BCUT2D eigenvalue weighted by Gasteiger charge is 2.23. The summed E-state index contributed by atoms with van der Waals surface area (Å²) in [6.45, 7) is 4.69. The molecule has 2 rings (SSSR count). The molecular formula is C15H16Cl2N2OS. The van der Waals surface area contributed by atoms with E-state index in [1.807, 2.05) is 11.4 Å². The van der Waals surface area contributed by atoms with Crippen LogP contribution in [0.2, 0.25) is 10.0 Å². The minimum atomic E-state index is -0.218. The lowest BCUT2D eigenvalue weighted by Gasteiger charge is -2.23. The van der Waals surface area contributed by atoms with Crippen molar-refractivity contribution in [1.82, 2.24) is 5.32 Å². The van der Waals surface area contributed by atoms with E-state index in [0.29, 0.717) is 17.8 Å². The van der Waals surface area contributed by atoms with Crippen molar-refractivity contribution in [1.29, 1.82) is 0 Å². The molecule has 3 nitrogen and oxygen atoms in total. The third-order valence-electron chi connectivity index (χ3n) is 3.20. The molecule has 0 spiro atoms. The maximum absolute atomic E-state index is 12.2. The van der Waals surface area contributed by atoms with Gasteiger partial charge in [-0.05, 0) is 23.6 Å². The van der Waals surface area contributed by atoms with Crippen LogP contribution in [-0.4, -0.2) is 12.5 Å². The van der Waals surface area contributed by atoms with Crippen LogP contribution in [0, 0.1) is 0 Å². The Hall–Kier alpha value is -1.23. The van der Waals surface area contributed by atoms with E-state index >= 15 is 0 Å². The van der Waals surface area contributed by atoms with Crippen LogP contribution in [0.4, 0.5) is 5.69 Å². The maximum Gasteiger partial charge on any atom is 0.251 e. The normalized spacial score (nSPS) is 11.4. The van der Waals surface area contributed by atoms with E-state index in [1.54, 1.807) is 11.3 Å². The lowest BCUT2D eigenvalue weighted by atomic mass is 9.91. The number of anilines is 1. The number of rotatable bonds is 4. The van der Waals surface area contributed by atoms with Crippen LogP contribution in [0.5, 0.6) is 0 Å². The van der Waals surface area contributed by atoms with Gasteiger partial charge < -0.3 is 11.1 Å². The van der Waals surface area contributed by atoms with Crippen LogP contribution in [0.3, 0.4) is 0 Å². The summed E-state index contributed by atoms with van der Waals surface area (Å²) in [5.41, 5.74) is 6.29. The SMILES string of the molecule is CC(C)(CNC(=O)c1cc(N)c(Cl)c(Cl)c1)c1cccs1. The van der Waals surface area contributed by atoms with Gasteiger partial charge in [-0.3, -0.25) is 4.79 Å². The molecule has 1 aromatic carbocycles. The molecule has 3 N–H and O–H groups in total.